The average molecular weight is 1170 g/mol. The van der Waals surface area contributed by atoms with Crippen molar-refractivity contribution in [1.82, 2.24) is 63.2 Å². The third-order valence-electron chi connectivity index (χ3n) is 16.7. The average Bonchev–Trinajstić information content (AvgIpc) is 1.83. The normalized spacial score (nSPS) is 19.0. The van der Waals surface area contributed by atoms with E-state index in [1.165, 1.54) is 24.5 Å². The summed E-state index contributed by atoms with van der Waals surface area (Å²) in [5.74, 6) is 10.2. The van der Waals surface area contributed by atoms with Crippen LogP contribution in [0.4, 0.5) is 17.7 Å². The Labute approximate surface area is 504 Å². The smallest absolute Gasteiger partial charge is 0.329 e. The highest BCUT2D eigenvalue weighted by Gasteiger charge is 2.56. The van der Waals surface area contributed by atoms with Crippen molar-refractivity contribution in [2.45, 2.75) is 137 Å². The van der Waals surface area contributed by atoms with Crippen LogP contribution in [0.15, 0.2) is 82.7 Å². The molecule has 6 aromatic heterocycles. The number of likely N-dealkylation sites (tertiary alicyclic amines) is 1. The van der Waals surface area contributed by atoms with Gasteiger partial charge in [-0.25, -0.2) is 24.7 Å². The molecule has 4 fully saturated rings. The fourth-order valence-electron chi connectivity index (χ4n) is 12.4. The van der Waals surface area contributed by atoms with Crippen molar-refractivity contribution in [3.05, 3.63) is 106 Å². The van der Waals surface area contributed by atoms with Crippen molar-refractivity contribution in [3.8, 4) is 11.8 Å². The number of anilines is 3. The lowest BCUT2D eigenvalue weighted by molar-refractivity contribution is -0.124. The molecule has 3 N–H and O–H groups in total. The number of nitrogens with one attached hydrogen (secondary N) is 3. The number of para-hydroxylation sites is 1. The Balaban J connectivity index is 0.000000252. The number of imidazole rings is 1. The number of carbonyl (C=O) groups excluding carboxylic acids is 4. The summed E-state index contributed by atoms with van der Waals surface area (Å²) in [5, 5.41) is 10.8. The van der Waals surface area contributed by atoms with Crippen molar-refractivity contribution in [2.75, 3.05) is 59.0 Å². The van der Waals surface area contributed by atoms with E-state index in [0.29, 0.717) is 69.8 Å². The maximum absolute atomic E-state index is 13.4. The van der Waals surface area contributed by atoms with Gasteiger partial charge in [-0.2, -0.15) is 9.97 Å². The standard InChI is InChI=1S/C40H46N10O4.C20H24N6O.2C2H6.CH4/c1-41-37(52)32(13-8-18-51)50-31-12-7-9-24(35(31)47(4)40(50)54)14-16-28-29-22-48(23-30(28)29)27-15-17-34(42-21-27)44-39-43-20-25-19-33(38(53)46(2)3)49(36(25)45-39)26-10-5-6-11-26;1-13-8-9-17(21-11-13)23-20-22-12-14-10-16(19(27)25(2)3)26(18(14)24-20)15-6-4-5-7-15;2*1-2;/h7,9,12,17-21,26-30,32H,5-6,8,10-11,13,15,22-23H2,1-4H3,(H,41,52)(H,43,44,45);8-12,15H,4-7H2,1-3H3,(H,21,22,23,24);2*1-2H3;1H4. The molecule has 1 aromatic carbocycles. The van der Waals surface area contributed by atoms with Gasteiger partial charge < -0.3 is 39.7 Å². The topological polar surface area (TPSA) is 228 Å². The summed E-state index contributed by atoms with van der Waals surface area (Å²) >= 11 is 0. The number of rotatable bonds is 14. The van der Waals surface area contributed by atoms with E-state index < -0.39 is 6.04 Å². The number of carbonyl (C=O) groups is 4. The number of piperidine rings is 1. The molecule has 3 saturated carbocycles. The monoisotopic (exact) mass is 1170 g/mol. The first-order chi connectivity index (χ1) is 41.2. The van der Waals surface area contributed by atoms with E-state index in [-0.39, 0.29) is 55.8 Å². The number of aromatic nitrogens is 9. The van der Waals surface area contributed by atoms with Gasteiger partial charge in [-0.3, -0.25) is 28.4 Å². The first kappa shape index (κ1) is 63.5. The number of amides is 3. The summed E-state index contributed by atoms with van der Waals surface area (Å²) in [6.45, 7) is 11.9. The molecular formula is C65H86N16O5. The van der Waals surface area contributed by atoms with E-state index in [9.17, 15) is 24.0 Å². The van der Waals surface area contributed by atoms with Crippen molar-refractivity contribution in [2.24, 2.45) is 29.8 Å². The molecule has 21 nitrogen and oxygen atoms in total. The second-order valence-corrected chi connectivity index (χ2v) is 22.5. The molecule has 0 bridgehead atoms. The largest absolute Gasteiger partial charge is 0.357 e. The molecule has 7 aromatic rings. The van der Waals surface area contributed by atoms with E-state index in [1.807, 2.05) is 83.3 Å². The van der Waals surface area contributed by atoms with Crippen LogP contribution in [0.2, 0.25) is 0 Å². The highest BCUT2D eigenvalue weighted by Crippen LogP contribution is 2.52. The number of likely N-dealkylation sites (N-methyl/N-ethyl adjacent to an activating group) is 1. The van der Waals surface area contributed by atoms with Gasteiger partial charge in [0.2, 0.25) is 17.8 Å². The SMILES string of the molecule is C.CC.CC.CNC(=O)C(CCC=O)n1c(=O)n(C)c2c(C#CC3C4CN(C5C=NC(Nc6ncc7cc(C(=O)N(C)C)n(C8CCCC8)c7n6)=CC5)CC34)cccc21.Cc1ccc(Nc2ncc3cc(C(=O)N(C)C)n(C4CCCC4)c3n2)nc1. The minimum absolute atomic E-state index is 0. The number of benzene rings is 1. The number of pyridine rings is 1. The summed E-state index contributed by atoms with van der Waals surface area (Å²) in [6, 6.07) is 13.3. The highest BCUT2D eigenvalue weighted by atomic mass is 16.2. The quantitative estimate of drug-likeness (QED) is 0.0681. The molecule has 4 atom stereocenters. The van der Waals surface area contributed by atoms with Crippen molar-refractivity contribution in [1.29, 1.82) is 0 Å². The fraction of sp³-hybridized carbons (Fsp3) is 0.492. The molecule has 86 heavy (non-hydrogen) atoms. The Morgan fingerprint density at radius 2 is 1.35 bits per heavy atom. The van der Waals surface area contributed by atoms with Gasteiger partial charge in [-0.05, 0) is 99.3 Å². The minimum Gasteiger partial charge on any atom is -0.357 e. The second kappa shape index (κ2) is 28.1. The molecule has 3 aliphatic carbocycles. The third kappa shape index (κ3) is 13.1. The highest BCUT2D eigenvalue weighted by molar-refractivity contribution is 5.99. The number of hydrogen-bond donors (Lipinski definition) is 3. The molecule has 8 heterocycles. The predicted molar refractivity (Wildman–Crippen MR) is 341 cm³/mol. The minimum atomic E-state index is -0.787. The lowest BCUT2D eigenvalue weighted by Crippen LogP contribution is -2.37. The number of aldehydes is 1. The molecule has 1 saturated heterocycles. The van der Waals surface area contributed by atoms with E-state index in [1.54, 1.807) is 68.2 Å². The van der Waals surface area contributed by atoms with Crippen molar-refractivity contribution < 1.29 is 19.2 Å². The summed E-state index contributed by atoms with van der Waals surface area (Å²) < 4.78 is 7.26. The molecule has 12 rings (SSSR count). The van der Waals surface area contributed by atoms with E-state index in [4.69, 9.17) is 15.0 Å². The van der Waals surface area contributed by atoms with Gasteiger partial charge in [0.25, 0.3) is 11.8 Å². The Morgan fingerprint density at radius 1 is 0.779 bits per heavy atom. The number of aryl methyl sites for hydroxylation is 2. The Morgan fingerprint density at radius 3 is 1.85 bits per heavy atom. The van der Waals surface area contributed by atoms with Gasteiger partial charge in [0.15, 0.2) is 0 Å². The van der Waals surface area contributed by atoms with Gasteiger partial charge in [0, 0.05) is 121 Å². The van der Waals surface area contributed by atoms with Crippen molar-refractivity contribution in [3.63, 3.8) is 0 Å². The van der Waals surface area contributed by atoms with Crippen molar-refractivity contribution >= 4 is 81.0 Å². The van der Waals surface area contributed by atoms with Crippen LogP contribution in [0.1, 0.15) is 156 Å². The maximum atomic E-state index is 13.4. The molecule has 0 spiro atoms. The van der Waals surface area contributed by atoms with Gasteiger partial charge in [-0.15, -0.1) is 0 Å². The van der Waals surface area contributed by atoms with Gasteiger partial charge in [-0.1, -0.05) is 84.8 Å². The summed E-state index contributed by atoms with van der Waals surface area (Å²) in [7, 11) is 10.3. The molecule has 4 unspecified atom stereocenters. The first-order valence-electron chi connectivity index (χ1n) is 30.2. The van der Waals surface area contributed by atoms with Crippen LogP contribution in [-0.2, 0) is 16.6 Å². The summed E-state index contributed by atoms with van der Waals surface area (Å²) in [4.78, 5) is 96.4. The molecule has 456 valence electrons. The Bertz CT molecular complexity index is 3740. The van der Waals surface area contributed by atoms with Crippen LogP contribution in [0.5, 0.6) is 0 Å². The predicted octanol–water partition coefficient (Wildman–Crippen LogP) is 9.88. The zero-order valence-corrected chi connectivity index (χ0v) is 51.1. The second-order valence-electron chi connectivity index (χ2n) is 22.5. The molecular weight excluding hydrogens is 1080 g/mol. The lowest BCUT2D eigenvalue weighted by atomic mass is 10.1. The van der Waals surface area contributed by atoms with Gasteiger partial charge in [0.1, 0.15) is 46.6 Å². The molecule has 21 heteroatoms. The first-order valence-corrected chi connectivity index (χ1v) is 30.2. The molecule has 0 radical (unpaired) electrons. The number of aliphatic imine (C=N–C) groups is 1. The summed E-state index contributed by atoms with van der Waals surface area (Å²) in [5.41, 5.74) is 5.77. The van der Waals surface area contributed by atoms with Crippen LogP contribution in [0.3, 0.4) is 0 Å². The number of nitrogens with zero attached hydrogens (tertiary/aromatic N) is 13. The van der Waals surface area contributed by atoms with Crippen LogP contribution >= 0.6 is 0 Å². The lowest BCUT2D eigenvalue weighted by Gasteiger charge is -2.27. The van der Waals surface area contributed by atoms with E-state index in [0.717, 1.165) is 97.5 Å². The molecule has 2 aliphatic heterocycles. The summed E-state index contributed by atoms with van der Waals surface area (Å²) in [6.07, 6.45) is 20.3. The fourth-order valence-corrected chi connectivity index (χ4v) is 12.4. The van der Waals surface area contributed by atoms with Gasteiger partial charge in [0.05, 0.1) is 16.6 Å². The Kier molecular flexibility index (Phi) is 20.8. The van der Waals surface area contributed by atoms with Gasteiger partial charge >= 0.3 is 5.69 Å². The van der Waals surface area contributed by atoms with Crippen LogP contribution in [-0.4, -0.2) is 142 Å². The van der Waals surface area contributed by atoms with Crippen LogP contribution in [0, 0.1) is 36.5 Å². The maximum Gasteiger partial charge on any atom is 0.329 e. The zero-order chi connectivity index (χ0) is 60.6. The van der Waals surface area contributed by atoms with E-state index >= 15 is 0 Å². The number of hydrogen-bond acceptors (Lipinski definition) is 14. The van der Waals surface area contributed by atoms with Crippen LogP contribution in [0.25, 0.3) is 33.1 Å². The third-order valence-corrected chi connectivity index (χ3v) is 16.7. The van der Waals surface area contributed by atoms with Crippen LogP contribution < -0.4 is 21.6 Å². The zero-order valence-electron chi connectivity index (χ0n) is 51.1. The van der Waals surface area contributed by atoms with E-state index in [2.05, 4.69) is 62.9 Å². The molecule has 5 aliphatic rings. The molecule has 3 amide bonds. The number of fused-ring (bicyclic) bond motifs is 4. The Hall–Kier alpha value is -8.51.